The average molecular weight is 659 g/mol. The molecule has 0 spiro atoms. The van der Waals surface area contributed by atoms with E-state index in [0.717, 1.165) is 14.7 Å². The number of hydrogen-bond acceptors (Lipinski definition) is 9. The second kappa shape index (κ2) is 15.6. The molecule has 0 bridgehead atoms. The molecule has 3 aliphatic heterocycles. The number of rotatable bonds is 14. The molecule has 0 aromatic carbocycles. The van der Waals surface area contributed by atoms with Crippen molar-refractivity contribution < 1.29 is 43.2 Å². The SMILES string of the molecule is CCC1CC(=O)N(CCNC(=O)[C@@H]2CC(C(=O)NCCN3C(=O)CC(C)C3=O)C[C@H](C(=O)NCCN3C(=O)CC(CC)C3=O)C2)C1=O. The van der Waals surface area contributed by atoms with Gasteiger partial charge in [0.15, 0.2) is 0 Å². The van der Waals surface area contributed by atoms with Gasteiger partial charge in [-0.05, 0) is 32.1 Å². The molecule has 258 valence electrons. The third-order valence-corrected chi connectivity index (χ3v) is 9.85. The molecule has 4 aliphatic rings. The molecule has 15 heteroatoms. The Hall–Kier alpha value is -4.17. The number of carbonyl (C=O) groups excluding carboxylic acids is 9. The van der Waals surface area contributed by atoms with Crippen molar-refractivity contribution in [2.75, 3.05) is 39.3 Å². The number of carbonyl (C=O) groups is 9. The van der Waals surface area contributed by atoms with E-state index in [1.54, 1.807) is 6.92 Å². The molecule has 9 amide bonds. The smallest absolute Gasteiger partial charge is 0.232 e. The van der Waals surface area contributed by atoms with Crippen LogP contribution in [-0.4, -0.2) is 107 Å². The molecule has 1 aliphatic carbocycles. The van der Waals surface area contributed by atoms with Crippen molar-refractivity contribution in [3.8, 4) is 0 Å². The molecule has 3 saturated heterocycles. The fraction of sp³-hybridized carbons (Fsp3) is 0.719. The van der Waals surface area contributed by atoms with Gasteiger partial charge in [0.1, 0.15) is 0 Å². The van der Waals surface area contributed by atoms with Crippen LogP contribution in [-0.2, 0) is 43.2 Å². The second-order valence-electron chi connectivity index (χ2n) is 13.0. The molecule has 6 atom stereocenters. The van der Waals surface area contributed by atoms with E-state index in [-0.39, 0.29) is 125 Å². The zero-order valence-corrected chi connectivity index (χ0v) is 27.4. The van der Waals surface area contributed by atoms with Crippen LogP contribution in [0.25, 0.3) is 0 Å². The maximum atomic E-state index is 13.3. The summed E-state index contributed by atoms with van der Waals surface area (Å²) in [6.45, 7) is 5.51. The lowest BCUT2D eigenvalue weighted by Gasteiger charge is -2.33. The number of imide groups is 3. The van der Waals surface area contributed by atoms with Crippen molar-refractivity contribution >= 4 is 53.2 Å². The van der Waals surface area contributed by atoms with Crippen LogP contribution < -0.4 is 16.0 Å². The molecular formula is C32H46N6O9. The summed E-state index contributed by atoms with van der Waals surface area (Å²) in [5.74, 6) is -6.18. The minimum Gasteiger partial charge on any atom is -0.354 e. The molecule has 47 heavy (non-hydrogen) atoms. The topological polar surface area (TPSA) is 199 Å². The first kappa shape index (κ1) is 35.7. The van der Waals surface area contributed by atoms with E-state index in [4.69, 9.17) is 0 Å². The molecule has 1 saturated carbocycles. The molecular weight excluding hydrogens is 612 g/mol. The lowest BCUT2D eigenvalue weighted by molar-refractivity contribution is -0.141. The van der Waals surface area contributed by atoms with E-state index in [0.29, 0.717) is 12.8 Å². The summed E-state index contributed by atoms with van der Waals surface area (Å²) in [5, 5.41) is 8.25. The standard InChI is InChI=1S/C32H46N6O9/c1-4-19-16-25(40)37(31(19)46)10-7-34-28(43)22-13-21(27(42)33-6-9-36-24(39)12-18(3)30(36)45)14-23(15-22)29(44)35-8-11-38-26(41)17-20(5-2)32(38)47/h18-23H,4-17H2,1-3H3,(H,33,42)(H,34,43)(H,35,44)/t18?,19?,20?,21?,22-,23+. The summed E-state index contributed by atoms with van der Waals surface area (Å²) in [6.07, 6.45) is 1.97. The van der Waals surface area contributed by atoms with Crippen LogP contribution in [0.2, 0.25) is 0 Å². The maximum absolute atomic E-state index is 13.3. The summed E-state index contributed by atoms with van der Waals surface area (Å²) in [4.78, 5) is 117. The highest BCUT2D eigenvalue weighted by atomic mass is 16.2. The zero-order valence-electron chi connectivity index (χ0n) is 27.4. The Kier molecular flexibility index (Phi) is 11.9. The summed E-state index contributed by atoms with van der Waals surface area (Å²) >= 11 is 0. The summed E-state index contributed by atoms with van der Waals surface area (Å²) in [5.41, 5.74) is 0. The minimum atomic E-state index is -0.724. The van der Waals surface area contributed by atoms with Crippen molar-refractivity contribution in [3.63, 3.8) is 0 Å². The van der Waals surface area contributed by atoms with Gasteiger partial charge < -0.3 is 16.0 Å². The van der Waals surface area contributed by atoms with Crippen LogP contribution in [0.3, 0.4) is 0 Å². The fourth-order valence-electron chi connectivity index (χ4n) is 6.96. The van der Waals surface area contributed by atoms with Crippen LogP contribution >= 0.6 is 0 Å². The molecule has 3 N–H and O–H groups in total. The number of hydrogen-bond donors (Lipinski definition) is 3. The van der Waals surface area contributed by atoms with Gasteiger partial charge in [-0.25, -0.2) is 0 Å². The Morgan fingerprint density at radius 3 is 1.15 bits per heavy atom. The first-order valence-corrected chi connectivity index (χ1v) is 16.7. The predicted molar refractivity (Wildman–Crippen MR) is 164 cm³/mol. The normalized spacial score (nSPS) is 28.0. The van der Waals surface area contributed by atoms with Gasteiger partial charge in [0.25, 0.3) is 0 Å². The second-order valence-corrected chi connectivity index (χ2v) is 13.0. The molecule has 3 heterocycles. The first-order valence-electron chi connectivity index (χ1n) is 16.7. The molecule has 4 rings (SSSR count). The number of amides is 9. The van der Waals surface area contributed by atoms with Gasteiger partial charge in [-0.2, -0.15) is 0 Å². The first-order chi connectivity index (χ1) is 22.4. The Bertz CT molecular complexity index is 1250. The number of nitrogens with zero attached hydrogens (tertiary/aromatic N) is 3. The van der Waals surface area contributed by atoms with Crippen LogP contribution in [0, 0.1) is 35.5 Å². The Morgan fingerprint density at radius 1 is 0.553 bits per heavy atom. The van der Waals surface area contributed by atoms with Gasteiger partial charge in [0, 0.05) is 94.0 Å². The van der Waals surface area contributed by atoms with Crippen molar-refractivity contribution in [2.24, 2.45) is 35.5 Å². The Morgan fingerprint density at radius 2 is 0.872 bits per heavy atom. The number of nitrogens with one attached hydrogen (secondary N) is 3. The summed E-state index contributed by atoms with van der Waals surface area (Å²) in [6, 6.07) is 0. The number of likely N-dealkylation sites (tertiary alicyclic amines) is 3. The fourth-order valence-corrected chi connectivity index (χ4v) is 6.96. The van der Waals surface area contributed by atoms with E-state index in [2.05, 4.69) is 16.0 Å². The highest BCUT2D eigenvalue weighted by molar-refractivity contribution is 6.04. The Labute approximate surface area is 273 Å². The van der Waals surface area contributed by atoms with Crippen LogP contribution in [0.15, 0.2) is 0 Å². The molecule has 0 aromatic rings. The van der Waals surface area contributed by atoms with E-state index in [1.165, 1.54) is 0 Å². The monoisotopic (exact) mass is 658 g/mol. The molecule has 0 radical (unpaired) electrons. The quantitative estimate of drug-likeness (QED) is 0.203. The van der Waals surface area contributed by atoms with Crippen molar-refractivity contribution in [2.45, 2.75) is 72.1 Å². The third kappa shape index (κ3) is 8.22. The zero-order chi connectivity index (χ0) is 34.4. The van der Waals surface area contributed by atoms with E-state index >= 15 is 0 Å². The largest absolute Gasteiger partial charge is 0.354 e. The molecule has 4 unspecified atom stereocenters. The molecule has 15 nitrogen and oxygen atoms in total. The summed E-state index contributed by atoms with van der Waals surface area (Å²) < 4.78 is 0. The van der Waals surface area contributed by atoms with Gasteiger partial charge in [0.2, 0.25) is 53.2 Å². The maximum Gasteiger partial charge on any atom is 0.232 e. The van der Waals surface area contributed by atoms with Crippen LogP contribution in [0.4, 0.5) is 0 Å². The lowest BCUT2D eigenvalue weighted by Crippen LogP contribution is -2.47. The minimum absolute atomic E-state index is 0.0218. The van der Waals surface area contributed by atoms with Crippen LogP contribution in [0.1, 0.15) is 72.1 Å². The lowest BCUT2D eigenvalue weighted by atomic mass is 9.74. The van der Waals surface area contributed by atoms with Gasteiger partial charge in [-0.1, -0.05) is 20.8 Å². The molecule has 0 aromatic heterocycles. The Balaban J connectivity index is 1.35. The van der Waals surface area contributed by atoms with E-state index in [9.17, 15) is 43.2 Å². The van der Waals surface area contributed by atoms with Gasteiger partial charge in [-0.15, -0.1) is 0 Å². The van der Waals surface area contributed by atoms with E-state index in [1.807, 2.05) is 13.8 Å². The van der Waals surface area contributed by atoms with Crippen molar-refractivity contribution in [1.82, 2.24) is 30.7 Å². The van der Waals surface area contributed by atoms with Crippen LogP contribution in [0.5, 0.6) is 0 Å². The van der Waals surface area contributed by atoms with Gasteiger partial charge in [0.05, 0.1) is 0 Å². The van der Waals surface area contributed by atoms with Crippen molar-refractivity contribution in [1.29, 1.82) is 0 Å². The highest BCUT2D eigenvalue weighted by Gasteiger charge is 2.41. The van der Waals surface area contributed by atoms with Crippen molar-refractivity contribution in [3.05, 3.63) is 0 Å². The van der Waals surface area contributed by atoms with E-state index < -0.39 is 41.4 Å². The van der Waals surface area contributed by atoms with Gasteiger partial charge in [-0.3, -0.25) is 57.9 Å². The molecule has 4 fully saturated rings. The highest BCUT2D eigenvalue weighted by Crippen LogP contribution is 2.34. The average Bonchev–Trinajstić information content (AvgIpc) is 3.59. The van der Waals surface area contributed by atoms with Gasteiger partial charge >= 0.3 is 0 Å². The third-order valence-electron chi connectivity index (χ3n) is 9.85. The predicted octanol–water partition coefficient (Wildman–Crippen LogP) is -0.667. The summed E-state index contributed by atoms with van der Waals surface area (Å²) in [7, 11) is 0.